The van der Waals surface area contributed by atoms with Gasteiger partial charge < -0.3 is 9.94 Å². The Labute approximate surface area is 60.7 Å². The number of hydrogen-bond acceptors (Lipinski definition) is 3. The number of hydrogen-bond donors (Lipinski definition) is 1. The molecule has 0 radical (unpaired) electrons. The summed E-state index contributed by atoms with van der Waals surface area (Å²) < 4.78 is 0. The monoisotopic (exact) mass is 143 g/mol. The maximum Gasteiger partial charge on any atom is 0.106 e. The summed E-state index contributed by atoms with van der Waals surface area (Å²) in [5.74, 6) is 0. The molecule has 0 unspecified atom stereocenters. The van der Waals surface area contributed by atoms with E-state index in [0.717, 1.165) is 31.4 Å². The van der Waals surface area contributed by atoms with Gasteiger partial charge in [-0.2, -0.15) is 0 Å². The molecule has 1 rings (SSSR count). The molecule has 1 aliphatic carbocycles. The van der Waals surface area contributed by atoms with Gasteiger partial charge in [0.1, 0.15) is 7.11 Å². The van der Waals surface area contributed by atoms with Crippen molar-refractivity contribution in [3.05, 3.63) is 0 Å². The van der Waals surface area contributed by atoms with Crippen molar-refractivity contribution in [2.75, 3.05) is 7.11 Å². The molecule has 0 heterocycles. The van der Waals surface area contributed by atoms with Crippen LogP contribution in [0, 0.1) is 0 Å². The summed E-state index contributed by atoms with van der Waals surface area (Å²) in [5, 5.41) is 12.9. The van der Waals surface area contributed by atoms with E-state index in [1.54, 1.807) is 7.11 Å². The predicted molar refractivity (Wildman–Crippen MR) is 38.9 cm³/mol. The summed E-state index contributed by atoms with van der Waals surface area (Å²) in [4.78, 5) is 4.62. The molecule has 0 aromatic heterocycles. The zero-order chi connectivity index (χ0) is 7.40. The molecule has 1 fully saturated rings. The molecule has 58 valence electrons. The van der Waals surface area contributed by atoms with Crippen molar-refractivity contribution >= 4 is 5.71 Å². The molecule has 0 spiro atoms. The minimum absolute atomic E-state index is 0.115. The van der Waals surface area contributed by atoms with Gasteiger partial charge in [-0.25, -0.2) is 0 Å². The van der Waals surface area contributed by atoms with Gasteiger partial charge in [0.25, 0.3) is 0 Å². The van der Waals surface area contributed by atoms with Gasteiger partial charge in [0.2, 0.25) is 0 Å². The number of aliphatic hydroxyl groups excluding tert-OH is 1. The lowest BCUT2D eigenvalue weighted by Gasteiger charge is -2.16. The Balaban J connectivity index is 2.32. The molecule has 0 amide bonds. The standard InChI is InChI=1S/C7H13NO2/c1-10-8-6-2-4-7(9)5-3-6/h7,9H,2-5H2,1H3. The van der Waals surface area contributed by atoms with Gasteiger partial charge in [0.15, 0.2) is 0 Å². The van der Waals surface area contributed by atoms with Crippen molar-refractivity contribution in [2.24, 2.45) is 5.16 Å². The summed E-state index contributed by atoms with van der Waals surface area (Å²) >= 11 is 0. The molecular weight excluding hydrogens is 130 g/mol. The minimum Gasteiger partial charge on any atom is -0.399 e. The zero-order valence-corrected chi connectivity index (χ0v) is 6.21. The van der Waals surface area contributed by atoms with E-state index >= 15 is 0 Å². The van der Waals surface area contributed by atoms with Crippen LogP contribution in [0.25, 0.3) is 0 Å². The van der Waals surface area contributed by atoms with E-state index in [4.69, 9.17) is 5.11 Å². The normalized spacial score (nSPS) is 26.2. The van der Waals surface area contributed by atoms with Gasteiger partial charge in [-0.3, -0.25) is 0 Å². The number of oxime groups is 1. The molecule has 1 aliphatic rings. The van der Waals surface area contributed by atoms with Crippen LogP contribution < -0.4 is 0 Å². The Morgan fingerprint density at radius 3 is 2.60 bits per heavy atom. The van der Waals surface area contributed by atoms with E-state index in [9.17, 15) is 0 Å². The molecule has 10 heavy (non-hydrogen) atoms. The van der Waals surface area contributed by atoms with Crippen LogP contribution in [0.1, 0.15) is 25.7 Å². The third-order valence-electron chi connectivity index (χ3n) is 1.75. The zero-order valence-electron chi connectivity index (χ0n) is 6.21. The third kappa shape index (κ3) is 1.99. The van der Waals surface area contributed by atoms with Crippen molar-refractivity contribution in [3.8, 4) is 0 Å². The van der Waals surface area contributed by atoms with Crippen LogP contribution in [-0.4, -0.2) is 24.0 Å². The van der Waals surface area contributed by atoms with E-state index < -0.39 is 0 Å². The lowest BCUT2D eigenvalue weighted by Crippen LogP contribution is -2.17. The van der Waals surface area contributed by atoms with Crippen LogP contribution in [-0.2, 0) is 4.84 Å². The first kappa shape index (κ1) is 7.54. The molecule has 0 aromatic carbocycles. The van der Waals surface area contributed by atoms with Crippen LogP contribution >= 0.6 is 0 Å². The molecule has 1 saturated carbocycles. The Hall–Kier alpha value is -0.570. The Kier molecular flexibility index (Phi) is 2.68. The average Bonchev–Trinajstić information content (AvgIpc) is 1.95. The van der Waals surface area contributed by atoms with Crippen molar-refractivity contribution in [1.29, 1.82) is 0 Å². The van der Waals surface area contributed by atoms with Gasteiger partial charge in [-0.15, -0.1) is 0 Å². The second-order valence-electron chi connectivity index (χ2n) is 2.57. The highest BCUT2D eigenvalue weighted by molar-refractivity contribution is 5.84. The fraction of sp³-hybridized carbons (Fsp3) is 0.857. The van der Waals surface area contributed by atoms with Crippen LogP contribution in [0.15, 0.2) is 5.16 Å². The molecule has 0 atom stereocenters. The van der Waals surface area contributed by atoms with Crippen molar-refractivity contribution < 1.29 is 9.94 Å². The minimum atomic E-state index is -0.115. The van der Waals surface area contributed by atoms with Gasteiger partial charge in [-0.1, -0.05) is 5.16 Å². The summed E-state index contributed by atoms with van der Waals surface area (Å²) in [5.41, 5.74) is 1.08. The van der Waals surface area contributed by atoms with E-state index in [1.165, 1.54) is 0 Å². The quantitative estimate of drug-likeness (QED) is 0.555. The summed E-state index contributed by atoms with van der Waals surface area (Å²) in [6, 6.07) is 0. The fourth-order valence-corrected chi connectivity index (χ4v) is 1.16. The maximum atomic E-state index is 9.10. The van der Waals surface area contributed by atoms with Gasteiger partial charge in [-0.05, 0) is 25.7 Å². The SMILES string of the molecule is CON=C1CCC(O)CC1. The first-order chi connectivity index (χ1) is 4.83. The van der Waals surface area contributed by atoms with Crippen LogP contribution in [0.2, 0.25) is 0 Å². The lowest BCUT2D eigenvalue weighted by molar-refractivity contribution is 0.148. The van der Waals surface area contributed by atoms with E-state index in [0.29, 0.717) is 0 Å². The third-order valence-corrected chi connectivity index (χ3v) is 1.75. The summed E-state index contributed by atoms with van der Waals surface area (Å²) in [6.07, 6.45) is 3.32. The van der Waals surface area contributed by atoms with Crippen molar-refractivity contribution in [1.82, 2.24) is 0 Å². The highest BCUT2D eigenvalue weighted by Gasteiger charge is 2.14. The highest BCUT2D eigenvalue weighted by Crippen LogP contribution is 2.15. The second-order valence-corrected chi connectivity index (χ2v) is 2.57. The first-order valence-electron chi connectivity index (χ1n) is 3.60. The van der Waals surface area contributed by atoms with Crippen LogP contribution in [0.3, 0.4) is 0 Å². The first-order valence-corrected chi connectivity index (χ1v) is 3.60. The molecule has 0 aromatic rings. The summed E-state index contributed by atoms with van der Waals surface area (Å²) in [6.45, 7) is 0. The number of aliphatic hydroxyl groups is 1. The van der Waals surface area contributed by atoms with E-state index in [-0.39, 0.29) is 6.10 Å². The van der Waals surface area contributed by atoms with Crippen LogP contribution in [0.4, 0.5) is 0 Å². The molecule has 0 bridgehead atoms. The van der Waals surface area contributed by atoms with Gasteiger partial charge in [0, 0.05) is 0 Å². The molecular formula is C7H13NO2. The highest BCUT2D eigenvalue weighted by atomic mass is 16.6. The lowest BCUT2D eigenvalue weighted by atomic mass is 9.96. The Bertz CT molecular complexity index is 124. The molecule has 0 aliphatic heterocycles. The van der Waals surface area contributed by atoms with Gasteiger partial charge in [0.05, 0.1) is 11.8 Å². The average molecular weight is 143 g/mol. The number of rotatable bonds is 1. The Morgan fingerprint density at radius 2 is 2.10 bits per heavy atom. The predicted octanol–water partition coefficient (Wildman–Crippen LogP) is 0.924. The molecule has 3 heteroatoms. The topological polar surface area (TPSA) is 41.8 Å². The second kappa shape index (κ2) is 3.56. The van der Waals surface area contributed by atoms with E-state index in [1.807, 2.05) is 0 Å². The Morgan fingerprint density at radius 1 is 1.50 bits per heavy atom. The number of nitrogens with zero attached hydrogens (tertiary/aromatic N) is 1. The fourth-order valence-electron chi connectivity index (χ4n) is 1.16. The van der Waals surface area contributed by atoms with Gasteiger partial charge >= 0.3 is 0 Å². The van der Waals surface area contributed by atoms with Crippen molar-refractivity contribution in [2.45, 2.75) is 31.8 Å². The maximum absolute atomic E-state index is 9.10. The molecule has 0 saturated heterocycles. The van der Waals surface area contributed by atoms with E-state index in [2.05, 4.69) is 9.99 Å². The smallest absolute Gasteiger partial charge is 0.106 e. The molecule has 1 N–H and O–H groups in total. The summed E-state index contributed by atoms with van der Waals surface area (Å²) in [7, 11) is 1.55. The molecule has 3 nitrogen and oxygen atoms in total. The van der Waals surface area contributed by atoms with Crippen molar-refractivity contribution in [3.63, 3.8) is 0 Å². The van der Waals surface area contributed by atoms with Crippen LogP contribution in [0.5, 0.6) is 0 Å². The largest absolute Gasteiger partial charge is 0.399 e.